The maximum Gasteiger partial charge on any atom is 0.170 e. The molecule has 5 nitrogen and oxygen atoms in total. The number of hydrogen-bond acceptors (Lipinski definition) is 6. The van der Waals surface area contributed by atoms with E-state index >= 15 is 0 Å². The second kappa shape index (κ2) is 8.52. The summed E-state index contributed by atoms with van der Waals surface area (Å²) in [6.45, 7) is 3.83. The number of carbonyl (C=O) groups is 1. The number of carbonyl (C=O) groups excluding carboxylic acids is 1. The van der Waals surface area contributed by atoms with Gasteiger partial charge in [0.25, 0.3) is 0 Å². The molecule has 33 heavy (non-hydrogen) atoms. The number of piperazine rings is 1. The lowest BCUT2D eigenvalue weighted by atomic mass is 9.49. The van der Waals surface area contributed by atoms with Crippen molar-refractivity contribution >= 4 is 22.8 Å². The first kappa shape index (κ1) is 21.3. The van der Waals surface area contributed by atoms with Gasteiger partial charge in [0.2, 0.25) is 0 Å². The van der Waals surface area contributed by atoms with Crippen molar-refractivity contribution in [2.75, 3.05) is 37.6 Å². The van der Waals surface area contributed by atoms with Gasteiger partial charge in [-0.05, 0) is 68.4 Å². The van der Waals surface area contributed by atoms with Crippen LogP contribution in [0, 0.1) is 29.1 Å². The van der Waals surface area contributed by atoms with Crippen LogP contribution in [0.4, 0.5) is 5.69 Å². The van der Waals surface area contributed by atoms with Crippen molar-refractivity contribution < 1.29 is 4.79 Å². The Kier molecular flexibility index (Phi) is 5.50. The lowest BCUT2D eigenvalue weighted by Gasteiger charge is -2.56. The second-order valence-corrected chi connectivity index (χ2v) is 11.8. The fourth-order valence-electron chi connectivity index (χ4n) is 7.47. The first-order valence-electron chi connectivity index (χ1n) is 12.5. The zero-order valence-electron chi connectivity index (χ0n) is 19.2. The number of rotatable bonds is 6. The molecule has 4 bridgehead atoms. The van der Waals surface area contributed by atoms with E-state index in [0.29, 0.717) is 6.54 Å². The highest BCUT2D eigenvalue weighted by atomic mass is 32.1. The largest absolute Gasteiger partial charge is 0.369 e. The van der Waals surface area contributed by atoms with Crippen molar-refractivity contribution in [3.8, 4) is 6.07 Å². The summed E-state index contributed by atoms with van der Waals surface area (Å²) in [5.74, 6) is 1.86. The molecule has 0 radical (unpaired) electrons. The molecule has 4 saturated carbocycles. The van der Waals surface area contributed by atoms with Crippen molar-refractivity contribution in [2.45, 2.75) is 49.9 Å². The number of hydrogen-bond donors (Lipinski definition) is 0. The summed E-state index contributed by atoms with van der Waals surface area (Å²) < 4.78 is 0. The first-order chi connectivity index (χ1) is 16.1. The molecule has 172 valence electrons. The molecule has 5 fully saturated rings. The van der Waals surface area contributed by atoms with E-state index < -0.39 is 5.92 Å². The van der Waals surface area contributed by atoms with Crippen molar-refractivity contribution in [2.24, 2.45) is 17.8 Å². The molecule has 2 aromatic rings. The van der Waals surface area contributed by atoms with Crippen LogP contribution in [-0.4, -0.2) is 48.4 Å². The monoisotopic (exact) mass is 460 g/mol. The molecule has 1 unspecified atom stereocenters. The van der Waals surface area contributed by atoms with Crippen molar-refractivity contribution in [3.05, 3.63) is 46.4 Å². The summed E-state index contributed by atoms with van der Waals surface area (Å²) in [6.07, 6.45) is 8.02. The molecule has 2 heterocycles. The van der Waals surface area contributed by atoms with Crippen LogP contribution < -0.4 is 4.90 Å². The molecule has 1 saturated heterocycles. The normalized spacial score (nSPS) is 32.0. The summed E-state index contributed by atoms with van der Waals surface area (Å²) in [5.41, 5.74) is 2.64. The van der Waals surface area contributed by atoms with Gasteiger partial charge in [0.15, 0.2) is 11.7 Å². The molecule has 0 N–H and O–H groups in total. The number of Topliss-reactive ketones (excluding diaryl/α,β-unsaturated/α-hetero) is 1. The minimum atomic E-state index is -0.732. The fourth-order valence-corrected chi connectivity index (χ4v) is 8.47. The van der Waals surface area contributed by atoms with E-state index in [1.807, 2.05) is 6.07 Å². The Morgan fingerprint density at radius 3 is 2.30 bits per heavy atom. The highest BCUT2D eigenvalue weighted by Gasteiger charge is 2.52. The summed E-state index contributed by atoms with van der Waals surface area (Å²) in [6, 6.07) is 12.7. The number of nitriles is 1. The molecule has 1 aliphatic heterocycles. The van der Waals surface area contributed by atoms with Crippen LogP contribution in [0.1, 0.15) is 55.1 Å². The van der Waals surface area contributed by atoms with Gasteiger partial charge in [-0.1, -0.05) is 18.2 Å². The van der Waals surface area contributed by atoms with Crippen molar-refractivity contribution in [3.63, 3.8) is 0 Å². The van der Waals surface area contributed by atoms with Gasteiger partial charge in [-0.25, -0.2) is 4.98 Å². The predicted octanol–water partition coefficient (Wildman–Crippen LogP) is 4.61. The second-order valence-electron chi connectivity index (χ2n) is 10.9. The zero-order valence-corrected chi connectivity index (χ0v) is 20.0. The molecule has 0 spiro atoms. The standard InChI is InChI=1S/C27H32N4OS/c28-16-23(24(32)17-30-6-8-31(9-7-30)22-4-2-1-3-5-22)26-29-25(18-33-26)27-13-19-10-20(14-27)12-21(11-19)15-27/h1-5,18-21,23H,6-15,17H2. The van der Waals surface area contributed by atoms with E-state index in [-0.39, 0.29) is 11.2 Å². The average molecular weight is 461 g/mol. The van der Waals surface area contributed by atoms with E-state index in [9.17, 15) is 10.1 Å². The number of ketones is 1. The molecule has 1 atom stereocenters. The van der Waals surface area contributed by atoms with Gasteiger partial charge in [-0.2, -0.15) is 5.26 Å². The molecule has 1 aromatic carbocycles. The van der Waals surface area contributed by atoms with Gasteiger partial charge in [-0.15, -0.1) is 11.3 Å². The van der Waals surface area contributed by atoms with Crippen LogP contribution in [0.3, 0.4) is 0 Å². The van der Waals surface area contributed by atoms with Crippen LogP contribution in [0.5, 0.6) is 0 Å². The Hall–Kier alpha value is -2.23. The van der Waals surface area contributed by atoms with E-state index in [0.717, 1.165) is 48.9 Å². The lowest BCUT2D eigenvalue weighted by Crippen LogP contribution is -2.48. The lowest BCUT2D eigenvalue weighted by molar-refractivity contribution is -0.120. The van der Waals surface area contributed by atoms with Gasteiger partial charge in [0.05, 0.1) is 18.3 Å². The van der Waals surface area contributed by atoms with E-state index in [4.69, 9.17) is 4.98 Å². The minimum Gasteiger partial charge on any atom is -0.369 e. The third kappa shape index (κ3) is 4.00. The Balaban J connectivity index is 1.10. The number of nitrogens with zero attached hydrogens (tertiary/aromatic N) is 4. The molecule has 6 heteroatoms. The maximum atomic E-state index is 13.1. The number of aromatic nitrogens is 1. The smallest absolute Gasteiger partial charge is 0.170 e. The van der Waals surface area contributed by atoms with E-state index in [1.54, 1.807) is 0 Å². The van der Waals surface area contributed by atoms with Gasteiger partial charge >= 0.3 is 0 Å². The highest BCUT2D eigenvalue weighted by Crippen LogP contribution is 2.60. The zero-order chi connectivity index (χ0) is 22.4. The Morgan fingerprint density at radius 1 is 1.06 bits per heavy atom. The molecule has 1 aromatic heterocycles. The molecule has 5 aliphatic rings. The molecule has 0 amide bonds. The minimum absolute atomic E-state index is 0.00271. The number of para-hydroxylation sites is 1. The summed E-state index contributed by atoms with van der Waals surface area (Å²) >= 11 is 1.54. The van der Waals surface area contributed by atoms with Crippen LogP contribution in [-0.2, 0) is 10.2 Å². The number of benzene rings is 1. The van der Waals surface area contributed by atoms with Gasteiger partial charge in [0.1, 0.15) is 5.01 Å². The fraction of sp³-hybridized carbons (Fsp3) is 0.593. The van der Waals surface area contributed by atoms with Crippen LogP contribution >= 0.6 is 11.3 Å². The van der Waals surface area contributed by atoms with Crippen molar-refractivity contribution in [1.29, 1.82) is 5.26 Å². The quantitative estimate of drug-likeness (QED) is 0.630. The van der Waals surface area contributed by atoms with Crippen LogP contribution in [0.2, 0.25) is 0 Å². The number of thiazole rings is 1. The van der Waals surface area contributed by atoms with Crippen molar-refractivity contribution in [1.82, 2.24) is 9.88 Å². The van der Waals surface area contributed by atoms with Crippen LogP contribution in [0.15, 0.2) is 35.7 Å². The Labute approximate surface area is 200 Å². The molecule has 4 aliphatic carbocycles. The summed E-state index contributed by atoms with van der Waals surface area (Å²) in [7, 11) is 0. The number of anilines is 1. The third-order valence-electron chi connectivity index (χ3n) is 8.67. The maximum absolute atomic E-state index is 13.1. The first-order valence-corrected chi connectivity index (χ1v) is 13.4. The third-order valence-corrected chi connectivity index (χ3v) is 9.58. The SMILES string of the molecule is N#CC(C(=O)CN1CCN(c2ccccc2)CC1)c1nc(C23CC4CC(CC(C4)C2)C3)cs1. The summed E-state index contributed by atoms with van der Waals surface area (Å²) in [4.78, 5) is 22.7. The van der Waals surface area contributed by atoms with E-state index in [1.165, 1.54) is 61.2 Å². The Bertz CT molecular complexity index is 1010. The van der Waals surface area contributed by atoms with E-state index in [2.05, 4.69) is 45.5 Å². The van der Waals surface area contributed by atoms with Gasteiger partial charge < -0.3 is 4.90 Å². The molecular weight excluding hydrogens is 428 g/mol. The predicted molar refractivity (Wildman–Crippen MR) is 130 cm³/mol. The Morgan fingerprint density at radius 2 is 1.70 bits per heavy atom. The van der Waals surface area contributed by atoms with Gasteiger partial charge in [0, 0.05) is 42.7 Å². The van der Waals surface area contributed by atoms with Crippen LogP contribution in [0.25, 0.3) is 0 Å². The topological polar surface area (TPSA) is 60.2 Å². The summed E-state index contributed by atoms with van der Waals surface area (Å²) in [5, 5.41) is 12.8. The average Bonchev–Trinajstić information content (AvgIpc) is 3.31. The molecule has 7 rings (SSSR count). The molecular formula is C27H32N4OS. The van der Waals surface area contributed by atoms with Gasteiger partial charge in [-0.3, -0.25) is 9.69 Å². The highest BCUT2D eigenvalue weighted by molar-refractivity contribution is 7.10.